The van der Waals surface area contributed by atoms with Gasteiger partial charge in [0, 0.05) is 45.1 Å². The summed E-state index contributed by atoms with van der Waals surface area (Å²) in [6.07, 6.45) is 8.66. The van der Waals surface area contributed by atoms with E-state index < -0.39 is 0 Å². The van der Waals surface area contributed by atoms with Crippen LogP contribution in [-0.2, 0) is 0 Å². The Hall–Kier alpha value is -1.91. The minimum atomic E-state index is 0.157. The molecule has 0 atom stereocenters. The summed E-state index contributed by atoms with van der Waals surface area (Å²) in [7, 11) is 0. The number of fused-ring (bicyclic) bond motifs is 2. The number of nitrogens with one attached hydrogen (secondary N) is 2. The zero-order chi connectivity index (χ0) is 20.5. The van der Waals surface area contributed by atoms with Crippen LogP contribution in [0.2, 0.25) is 0 Å². The van der Waals surface area contributed by atoms with Crippen molar-refractivity contribution in [3.05, 3.63) is 72.5 Å². The zero-order valence-corrected chi connectivity index (χ0v) is 19.2. The third-order valence-corrected chi connectivity index (χ3v) is 7.51. The highest BCUT2D eigenvalue weighted by molar-refractivity contribution is 8.01. The minimum absolute atomic E-state index is 0.157. The van der Waals surface area contributed by atoms with Gasteiger partial charge in [0.25, 0.3) is 0 Å². The van der Waals surface area contributed by atoms with Crippen LogP contribution in [0.5, 0.6) is 0 Å². The van der Waals surface area contributed by atoms with Crippen LogP contribution in [0.25, 0.3) is 0 Å². The van der Waals surface area contributed by atoms with Crippen molar-refractivity contribution in [3.63, 3.8) is 0 Å². The van der Waals surface area contributed by atoms with Gasteiger partial charge in [0.2, 0.25) is 5.69 Å². The van der Waals surface area contributed by atoms with Crippen LogP contribution >= 0.6 is 23.5 Å². The monoisotopic (exact) mass is 421 g/mol. The molecule has 2 aromatic rings. The Morgan fingerprint density at radius 3 is 2.34 bits per heavy atom. The Labute approximate surface area is 183 Å². The van der Waals surface area contributed by atoms with E-state index in [2.05, 4.69) is 105 Å². The summed E-state index contributed by atoms with van der Waals surface area (Å²) in [6.45, 7) is 9.27. The van der Waals surface area contributed by atoms with E-state index in [-0.39, 0.29) is 9.49 Å². The fourth-order valence-electron chi connectivity index (χ4n) is 3.82. The van der Waals surface area contributed by atoms with E-state index in [0.29, 0.717) is 0 Å². The molecule has 0 spiro atoms. The highest BCUT2D eigenvalue weighted by atomic mass is 32.2. The van der Waals surface area contributed by atoms with Crippen LogP contribution in [0, 0.1) is 0 Å². The molecule has 0 saturated heterocycles. The first-order valence-electron chi connectivity index (χ1n) is 10.1. The Balaban J connectivity index is 1.60. The summed E-state index contributed by atoms with van der Waals surface area (Å²) in [6, 6.07) is 17.2. The summed E-state index contributed by atoms with van der Waals surface area (Å²) in [4.78, 5) is 6.29. The Morgan fingerprint density at radius 2 is 1.52 bits per heavy atom. The van der Waals surface area contributed by atoms with Crippen molar-refractivity contribution in [2.75, 3.05) is 5.32 Å². The summed E-state index contributed by atoms with van der Waals surface area (Å²) < 4.78 is 0.315. The molecule has 0 radical (unpaired) electrons. The maximum Gasteiger partial charge on any atom is 0.217 e. The molecule has 2 aliphatic heterocycles. The normalized spacial score (nSPS) is 21.5. The van der Waals surface area contributed by atoms with E-state index in [1.165, 1.54) is 32.6 Å². The van der Waals surface area contributed by atoms with Gasteiger partial charge in [0.1, 0.15) is 0 Å². The lowest BCUT2D eigenvalue weighted by atomic mass is 10.0. The first-order chi connectivity index (χ1) is 13.8. The van der Waals surface area contributed by atoms with Gasteiger partial charge in [-0.1, -0.05) is 30.3 Å². The van der Waals surface area contributed by atoms with E-state index in [1.807, 2.05) is 23.5 Å². The predicted molar refractivity (Wildman–Crippen MR) is 128 cm³/mol. The van der Waals surface area contributed by atoms with Crippen LogP contribution in [0.1, 0.15) is 40.5 Å². The number of thioether (sulfide) groups is 2. The largest absolute Gasteiger partial charge is 0.358 e. The molecule has 2 heterocycles. The maximum absolute atomic E-state index is 3.65. The fraction of sp³-hybridized carbons (Fsp3) is 0.320. The van der Waals surface area contributed by atoms with E-state index in [1.54, 1.807) is 0 Å². The van der Waals surface area contributed by atoms with Gasteiger partial charge in [-0.3, -0.25) is 0 Å². The molecule has 150 valence electrons. The molecule has 0 saturated carbocycles. The lowest BCUT2D eigenvalue weighted by Crippen LogP contribution is -2.66. The standard InChI is InChI=1S/C25H28N2S2/c1-24(2)16-18(26-20-12-5-7-14-22(20)28-24)10-9-11-19-17-25(3,4)29-23-15-8-6-13-21(23)27-19/h5-15,26H,16-17H2,1-4H3/p+1/b11-9+,18-10+. The Kier molecular flexibility index (Phi) is 5.67. The molecule has 0 aromatic heterocycles. The topological polar surface area (TPSA) is 26.0 Å². The maximum atomic E-state index is 3.65. The van der Waals surface area contributed by atoms with Crippen LogP contribution in [0.15, 0.2) is 82.2 Å². The molecule has 2 aromatic carbocycles. The summed E-state index contributed by atoms with van der Waals surface area (Å²) in [5.41, 5.74) is 4.92. The first kappa shape index (κ1) is 20.4. The Bertz CT molecular complexity index is 999. The SMILES string of the molecule is CC1(C)C/C(=C\C=C\C2=[NH+]c3ccccc3SC(C)(C)C2)Nc2ccccc2S1. The third kappa shape index (κ3) is 5.18. The molecule has 2 aliphatic rings. The smallest absolute Gasteiger partial charge is 0.217 e. The molecule has 0 fully saturated rings. The highest BCUT2D eigenvalue weighted by Crippen LogP contribution is 2.44. The summed E-state index contributed by atoms with van der Waals surface area (Å²) in [5.74, 6) is 0. The van der Waals surface area contributed by atoms with Crippen molar-refractivity contribution in [3.8, 4) is 0 Å². The van der Waals surface area contributed by atoms with Gasteiger partial charge >= 0.3 is 0 Å². The quantitative estimate of drug-likeness (QED) is 0.628. The lowest BCUT2D eigenvalue weighted by molar-refractivity contribution is -0.357. The predicted octanol–water partition coefficient (Wildman–Crippen LogP) is 5.94. The van der Waals surface area contributed by atoms with Gasteiger partial charge in [-0.05, 0) is 52.0 Å². The second kappa shape index (κ2) is 8.08. The van der Waals surface area contributed by atoms with Crippen molar-refractivity contribution in [2.24, 2.45) is 0 Å². The third-order valence-electron chi connectivity index (χ3n) is 4.96. The van der Waals surface area contributed by atoms with Crippen molar-refractivity contribution in [1.29, 1.82) is 0 Å². The van der Waals surface area contributed by atoms with Gasteiger partial charge in [-0.25, -0.2) is 4.99 Å². The Morgan fingerprint density at radius 1 is 0.862 bits per heavy atom. The lowest BCUT2D eigenvalue weighted by Gasteiger charge is -2.21. The zero-order valence-electron chi connectivity index (χ0n) is 17.6. The highest BCUT2D eigenvalue weighted by Gasteiger charge is 2.29. The van der Waals surface area contributed by atoms with E-state index >= 15 is 0 Å². The summed E-state index contributed by atoms with van der Waals surface area (Å²) in [5, 5.41) is 3.65. The molecular weight excluding hydrogens is 392 g/mol. The number of hydrogen-bond donors (Lipinski definition) is 2. The van der Waals surface area contributed by atoms with Crippen molar-refractivity contribution in [1.82, 2.24) is 0 Å². The first-order valence-corrected chi connectivity index (χ1v) is 11.8. The average Bonchev–Trinajstić information content (AvgIpc) is 2.85. The second-order valence-corrected chi connectivity index (χ2v) is 12.4. The summed E-state index contributed by atoms with van der Waals surface area (Å²) >= 11 is 3.89. The molecule has 29 heavy (non-hydrogen) atoms. The second-order valence-electron chi connectivity index (χ2n) is 8.90. The molecule has 2 nitrogen and oxygen atoms in total. The van der Waals surface area contributed by atoms with E-state index in [4.69, 9.17) is 0 Å². The number of benzene rings is 2. The van der Waals surface area contributed by atoms with Gasteiger partial charge in [0.15, 0.2) is 5.71 Å². The van der Waals surface area contributed by atoms with Gasteiger partial charge < -0.3 is 5.32 Å². The van der Waals surface area contributed by atoms with Crippen molar-refractivity contribution < 1.29 is 4.99 Å². The van der Waals surface area contributed by atoms with Crippen LogP contribution in [0.3, 0.4) is 0 Å². The number of hydrogen-bond acceptors (Lipinski definition) is 3. The fourth-order valence-corrected chi connectivity index (χ4v) is 6.22. The van der Waals surface area contributed by atoms with Crippen LogP contribution in [0.4, 0.5) is 11.4 Å². The number of rotatable bonds is 2. The average molecular weight is 422 g/mol. The minimum Gasteiger partial charge on any atom is -0.358 e. The molecule has 0 aliphatic carbocycles. The van der Waals surface area contributed by atoms with Crippen molar-refractivity contribution in [2.45, 2.75) is 59.8 Å². The molecule has 2 N–H and O–H groups in total. The molecule has 0 unspecified atom stereocenters. The van der Waals surface area contributed by atoms with Crippen LogP contribution in [-0.4, -0.2) is 15.2 Å². The van der Waals surface area contributed by atoms with Gasteiger partial charge in [0.05, 0.1) is 10.6 Å². The molecule has 4 heteroatoms. The van der Waals surface area contributed by atoms with E-state index in [0.717, 1.165) is 12.8 Å². The van der Waals surface area contributed by atoms with Gasteiger partial charge in [-0.15, -0.1) is 23.5 Å². The van der Waals surface area contributed by atoms with E-state index in [9.17, 15) is 0 Å². The molecular formula is C25H29N2S2+. The van der Waals surface area contributed by atoms with Gasteiger partial charge in [-0.2, -0.15) is 0 Å². The number of allylic oxidation sites excluding steroid dienone is 4. The number of para-hydroxylation sites is 2. The van der Waals surface area contributed by atoms with Crippen molar-refractivity contribution >= 4 is 40.6 Å². The molecule has 0 amide bonds. The number of anilines is 1. The molecule has 4 rings (SSSR count). The molecule has 0 bridgehead atoms. The van der Waals surface area contributed by atoms with Crippen LogP contribution < -0.4 is 10.3 Å².